The number of nitrogens with one attached hydrogen (secondary N) is 2. The third-order valence-corrected chi connectivity index (χ3v) is 5.57. The first-order chi connectivity index (χ1) is 12.7. The maximum absolute atomic E-state index is 13.1. The molecule has 132 valence electrons. The number of aromatic nitrogens is 3. The van der Waals surface area contributed by atoms with Crippen molar-refractivity contribution in [2.45, 2.75) is 18.1 Å². The van der Waals surface area contributed by atoms with E-state index in [2.05, 4.69) is 20.7 Å². The summed E-state index contributed by atoms with van der Waals surface area (Å²) >= 11 is 3.08. The highest BCUT2D eigenvalue weighted by Gasteiger charge is 2.34. The van der Waals surface area contributed by atoms with Crippen molar-refractivity contribution >= 4 is 40.6 Å². The summed E-state index contributed by atoms with van der Waals surface area (Å²) in [5, 5.41) is 13.5. The van der Waals surface area contributed by atoms with Crippen molar-refractivity contribution in [3.63, 3.8) is 0 Å². The molecule has 1 amide bonds. The number of hydrogen-bond donors (Lipinski definition) is 2. The molecule has 3 heterocycles. The highest BCUT2D eigenvalue weighted by molar-refractivity contribution is 7.98. The van der Waals surface area contributed by atoms with Crippen LogP contribution in [-0.2, 0) is 4.79 Å². The van der Waals surface area contributed by atoms with Gasteiger partial charge in [0.05, 0.1) is 5.57 Å². The number of rotatable bonds is 4. The van der Waals surface area contributed by atoms with Crippen molar-refractivity contribution in [2.75, 3.05) is 16.9 Å². The minimum absolute atomic E-state index is 0.147. The van der Waals surface area contributed by atoms with Gasteiger partial charge in [-0.05, 0) is 36.8 Å². The van der Waals surface area contributed by atoms with Gasteiger partial charge >= 0.3 is 0 Å². The minimum Gasteiger partial charge on any atom is -0.328 e. The van der Waals surface area contributed by atoms with Gasteiger partial charge < -0.3 is 10.6 Å². The van der Waals surface area contributed by atoms with Gasteiger partial charge in [-0.2, -0.15) is 4.98 Å². The van der Waals surface area contributed by atoms with Crippen LogP contribution in [-0.4, -0.2) is 26.9 Å². The van der Waals surface area contributed by atoms with Crippen molar-refractivity contribution in [1.82, 2.24) is 14.8 Å². The Morgan fingerprint density at radius 2 is 2.08 bits per heavy atom. The number of anilines is 2. The average molecular weight is 384 g/mol. The molecule has 0 radical (unpaired) electrons. The predicted molar refractivity (Wildman–Crippen MR) is 106 cm³/mol. The van der Waals surface area contributed by atoms with E-state index in [1.54, 1.807) is 16.0 Å². The zero-order valence-electron chi connectivity index (χ0n) is 14.3. The minimum atomic E-state index is -0.302. The summed E-state index contributed by atoms with van der Waals surface area (Å²) in [7, 11) is 0. The lowest BCUT2D eigenvalue weighted by atomic mass is 10.0. The fourth-order valence-corrected chi connectivity index (χ4v) is 4.11. The molecule has 26 heavy (non-hydrogen) atoms. The van der Waals surface area contributed by atoms with Crippen molar-refractivity contribution in [2.24, 2.45) is 0 Å². The van der Waals surface area contributed by atoms with E-state index < -0.39 is 0 Å². The number of carbonyl (C=O) groups is 1. The molecular weight excluding hydrogens is 366 g/mol. The number of benzene rings is 1. The lowest BCUT2D eigenvalue weighted by molar-refractivity contribution is -0.113. The predicted octanol–water partition coefficient (Wildman–Crippen LogP) is 3.99. The highest BCUT2D eigenvalue weighted by Crippen LogP contribution is 2.38. The highest BCUT2D eigenvalue weighted by atomic mass is 32.2. The molecule has 2 N–H and O–H groups in total. The van der Waals surface area contributed by atoms with Crippen molar-refractivity contribution in [3.8, 4) is 0 Å². The molecule has 0 saturated heterocycles. The molecule has 8 heteroatoms. The summed E-state index contributed by atoms with van der Waals surface area (Å²) < 4.78 is 1.80. The lowest BCUT2D eigenvalue weighted by Crippen LogP contribution is -2.31. The van der Waals surface area contributed by atoms with Gasteiger partial charge in [-0.1, -0.05) is 36.0 Å². The normalized spacial score (nSPS) is 16.2. The summed E-state index contributed by atoms with van der Waals surface area (Å²) in [6.45, 7) is 1.90. The second kappa shape index (κ2) is 6.97. The largest absolute Gasteiger partial charge is 0.328 e. The first kappa shape index (κ1) is 16.9. The van der Waals surface area contributed by atoms with E-state index >= 15 is 0 Å². The van der Waals surface area contributed by atoms with Gasteiger partial charge in [-0.3, -0.25) is 4.79 Å². The Kier molecular flexibility index (Phi) is 4.52. The Bertz CT molecular complexity index is 963. The number of para-hydroxylation sites is 1. The van der Waals surface area contributed by atoms with Gasteiger partial charge in [-0.25, -0.2) is 4.68 Å². The van der Waals surface area contributed by atoms with E-state index in [-0.39, 0.29) is 11.9 Å². The van der Waals surface area contributed by atoms with Gasteiger partial charge in [0.15, 0.2) is 0 Å². The van der Waals surface area contributed by atoms with Gasteiger partial charge in [0.2, 0.25) is 11.1 Å². The monoisotopic (exact) mass is 383 g/mol. The standard InChI is InChI=1S/C18H17N5OS2/c1-11-14(16(24)20-12-7-4-3-5-8-12)15(13-9-6-10-26-13)23-17(19-11)21-18(22-23)25-2/h3-10,15H,1-2H3,(H,20,24)(H,19,21,22)/t15-/m0/s1. The number of carbonyl (C=O) groups excluding carboxylic acids is 1. The molecule has 1 atom stereocenters. The van der Waals surface area contributed by atoms with Crippen LogP contribution >= 0.6 is 23.1 Å². The summed E-state index contributed by atoms with van der Waals surface area (Å²) in [6.07, 6.45) is 1.94. The van der Waals surface area contributed by atoms with Gasteiger partial charge in [0.1, 0.15) is 6.04 Å². The molecule has 0 spiro atoms. The van der Waals surface area contributed by atoms with Crippen molar-refractivity contribution < 1.29 is 4.79 Å². The van der Waals surface area contributed by atoms with Crippen molar-refractivity contribution in [3.05, 3.63) is 64.0 Å². The molecular formula is C18H17N5OS2. The number of nitrogens with zero attached hydrogens (tertiary/aromatic N) is 3. The second-order valence-electron chi connectivity index (χ2n) is 5.77. The molecule has 3 aromatic rings. The van der Waals surface area contributed by atoms with Crippen molar-refractivity contribution in [1.29, 1.82) is 0 Å². The molecule has 0 bridgehead atoms. The second-order valence-corrected chi connectivity index (χ2v) is 7.52. The number of thiophene rings is 1. The molecule has 4 rings (SSSR count). The lowest BCUT2D eigenvalue weighted by Gasteiger charge is -2.27. The Hall–Kier alpha value is -2.58. The number of fused-ring (bicyclic) bond motifs is 1. The van der Waals surface area contributed by atoms with Crippen LogP contribution in [0.1, 0.15) is 17.8 Å². The van der Waals surface area contributed by atoms with E-state index in [9.17, 15) is 4.79 Å². The first-order valence-electron chi connectivity index (χ1n) is 8.05. The van der Waals surface area contributed by atoms with Crippen LogP contribution < -0.4 is 10.6 Å². The summed E-state index contributed by atoms with van der Waals surface area (Å²) in [5.74, 6) is 0.507. The van der Waals surface area contributed by atoms with Gasteiger partial charge in [0, 0.05) is 16.3 Å². The van der Waals surface area contributed by atoms with Gasteiger partial charge in [0.25, 0.3) is 5.91 Å². The third kappa shape index (κ3) is 3.02. The first-order valence-corrected chi connectivity index (χ1v) is 10.2. The van der Waals surface area contributed by atoms with Crippen LogP contribution in [0.4, 0.5) is 11.6 Å². The zero-order valence-corrected chi connectivity index (χ0v) is 15.9. The summed E-state index contributed by atoms with van der Waals surface area (Å²) in [6, 6.07) is 13.2. The van der Waals surface area contributed by atoms with Crippen LogP contribution in [0.2, 0.25) is 0 Å². The number of thioether (sulfide) groups is 1. The zero-order chi connectivity index (χ0) is 18.1. The quantitative estimate of drug-likeness (QED) is 0.667. The molecule has 1 aliphatic heterocycles. The Morgan fingerprint density at radius 1 is 1.27 bits per heavy atom. The fraction of sp³-hybridized carbons (Fsp3) is 0.167. The molecule has 0 fully saturated rings. The molecule has 2 aromatic heterocycles. The molecule has 0 saturated carbocycles. The number of amides is 1. The average Bonchev–Trinajstić information content (AvgIpc) is 3.30. The van der Waals surface area contributed by atoms with E-state index in [1.807, 2.05) is 61.0 Å². The summed E-state index contributed by atoms with van der Waals surface area (Å²) in [4.78, 5) is 18.6. The van der Waals surface area contributed by atoms with Crippen LogP contribution in [0.25, 0.3) is 0 Å². The van der Waals surface area contributed by atoms with Crippen LogP contribution in [0.3, 0.4) is 0 Å². The maximum Gasteiger partial charge on any atom is 0.255 e. The Balaban J connectivity index is 1.77. The third-order valence-electron chi connectivity index (χ3n) is 4.10. The van der Waals surface area contributed by atoms with Crippen LogP contribution in [0.5, 0.6) is 0 Å². The molecule has 6 nitrogen and oxygen atoms in total. The van der Waals surface area contributed by atoms with Gasteiger partial charge in [-0.15, -0.1) is 16.4 Å². The number of allylic oxidation sites excluding steroid dienone is 1. The van der Waals surface area contributed by atoms with E-state index in [4.69, 9.17) is 0 Å². The molecule has 0 unspecified atom stereocenters. The Labute approximate surface area is 159 Å². The fourth-order valence-electron chi connectivity index (χ4n) is 2.94. The molecule has 1 aromatic carbocycles. The van der Waals surface area contributed by atoms with Crippen LogP contribution in [0, 0.1) is 0 Å². The SMILES string of the molecule is CSc1nc2n(n1)[C@@H](c1cccs1)C(C(=O)Nc1ccccc1)=C(C)N2. The van der Waals surface area contributed by atoms with Crippen LogP contribution in [0.15, 0.2) is 64.3 Å². The topological polar surface area (TPSA) is 71.8 Å². The summed E-state index contributed by atoms with van der Waals surface area (Å²) in [5.41, 5.74) is 2.18. The van der Waals surface area contributed by atoms with E-state index in [0.717, 1.165) is 16.3 Å². The molecule has 0 aliphatic carbocycles. The molecule has 1 aliphatic rings. The Morgan fingerprint density at radius 3 is 2.77 bits per heavy atom. The maximum atomic E-state index is 13.1. The van der Waals surface area contributed by atoms with E-state index in [0.29, 0.717) is 16.7 Å². The number of hydrogen-bond acceptors (Lipinski definition) is 6. The van der Waals surface area contributed by atoms with E-state index in [1.165, 1.54) is 11.8 Å². The smallest absolute Gasteiger partial charge is 0.255 e.